The Morgan fingerprint density at radius 1 is 1.21 bits per heavy atom. The molecule has 1 fully saturated rings. The third-order valence-corrected chi connectivity index (χ3v) is 6.21. The van der Waals surface area contributed by atoms with Gasteiger partial charge in [-0.1, -0.05) is 24.4 Å². The minimum absolute atomic E-state index is 0.178. The van der Waals surface area contributed by atoms with Crippen LogP contribution < -0.4 is 5.32 Å². The van der Waals surface area contributed by atoms with E-state index >= 15 is 0 Å². The van der Waals surface area contributed by atoms with Gasteiger partial charge in [-0.2, -0.15) is 16.3 Å². The number of hydrogen-bond donors (Lipinski definition) is 1. The van der Waals surface area contributed by atoms with Gasteiger partial charge in [-0.3, -0.25) is 5.32 Å². The van der Waals surface area contributed by atoms with Gasteiger partial charge in [0.25, 0.3) is 0 Å². The van der Waals surface area contributed by atoms with Gasteiger partial charge in [0.2, 0.25) is 5.89 Å². The zero-order valence-electron chi connectivity index (χ0n) is 13.6. The molecule has 0 spiro atoms. The highest BCUT2D eigenvalue weighted by Gasteiger charge is 2.37. The lowest BCUT2D eigenvalue weighted by Crippen LogP contribution is -2.44. The molecule has 3 aromatic heterocycles. The molecule has 0 aliphatic heterocycles. The molecule has 0 atom stereocenters. The maximum Gasteiger partial charge on any atom is 0.223 e. The average Bonchev–Trinajstić information content (AvgIpc) is 3.35. The van der Waals surface area contributed by atoms with Crippen LogP contribution in [-0.2, 0) is 12.1 Å². The van der Waals surface area contributed by atoms with E-state index in [-0.39, 0.29) is 5.54 Å². The molecule has 3 heterocycles. The molecule has 0 radical (unpaired) electrons. The summed E-state index contributed by atoms with van der Waals surface area (Å²) in [4.78, 5) is 9.27. The van der Waals surface area contributed by atoms with E-state index in [1.165, 1.54) is 24.8 Å². The molecule has 7 heteroatoms. The van der Waals surface area contributed by atoms with Crippen LogP contribution in [0, 0.1) is 6.92 Å². The van der Waals surface area contributed by atoms with Crippen LogP contribution in [0.1, 0.15) is 49.5 Å². The van der Waals surface area contributed by atoms with Gasteiger partial charge in [-0.25, -0.2) is 4.98 Å². The normalized spacial score (nSPS) is 17.2. The number of nitrogens with one attached hydrogen (secondary N) is 1. The molecule has 5 nitrogen and oxygen atoms in total. The van der Waals surface area contributed by atoms with Crippen molar-refractivity contribution in [2.24, 2.45) is 0 Å². The summed E-state index contributed by atoms with van der Waals surface area (Å²) in [6.07, 6.45) is 5.76. The van der Waals surface area contributed by atoms with Crippen LogP contribution in [0.3, 0.4) is 0 Å². The van der Waals surface area contributed by atoms with Crippen molar-refractivity contribution in [2.45, 2.75) is 51.1 Å². The summed E-state index contributed by atoms with van der Waals surface area (Å²) < 4.78 is 5.23. The lowest BCUT2D eigenvalue weighted by molar-refractivity contribution is 0.210. The van der Waals surface area contributed by atoms with E-state index < -0.39 is 0 Å². The molecule has 3 aromatic rings. The van der Waals surface area contributed by atoms with E-state index in [4.69, 9.17) is 9.51 Å². The number of rotatable bonds is 5. The fraction of sp³-hybridized carbons (Fsp3) is 0.471. The van der Waals surface area contributed by atoms with Crippen molar-refractivity contribution in [2.75, 3.05) is 0 Å². The van der Waals surface area contributed by atoms with Crippen LogP contribution in [-0.4, -0.2) is 15.1 Å². The summed E-state index contributed by atoms with van der Waals surface area (Å²) in [6.45, 7) is 2.58. The van der Waals surface area contributed by atoms with Crippen molar-refractivity contribution in [3.8, 4) is 10.6 Å². The van der Waals surface area contributed by atoms with Gasteiger partial charge in [0.1, 0.15) is 5.01 Å². The fourth-order valence-electron chi connectivity index (χ4n) is 3.30. The number of aromatic nitrogens is 3. The molecule has 0 amide bonds. The Morgan fingerprint density at radius 3 is 2.79 bits per heavy atom. The van der Waals surface area contributed by atoms with Crippen LogP contribution in [0.15, 0.2) is 26.7 Å². The second-order valence-corrected chi connectivity index (χ2v) is 7.93. The van der Waals surface area contributed by atoms with E-state index in [2.05, 4.69) is 37.7 Å². The Labute approximate surface area is 149 Å². The predicted octanol–water partition coefficient (Wildman–Crippen LogP) is 4.51. The topological polar surface area (TPSA) is 63.8 Å². The largest absolute Gasteiger partial charge is 0.340 e. The molecule has 1 saturated carbocycles. The van der Waals surface area contributed by atoms with Gasteiger partial charge in [0.05, 0.1) is 11.2 Å². The molecular weight excluding hydrogens is 340 g/mol. The van der Waals surface area contributed by atoms with Crippen molar-refractivity contribution in [1.29, 1.82) is 0 Å². The number of thiophene rings is 1. The van der Waals surface area contributed by atoms with Crippen molar-refractivity contribution in [3.63, 3.8) is 0 Å². The zero-order valence-corrected chi connectivity index (χ0v) is 15.3. The first-order chi connectivity index (χ1) is 11.8. The maximum atomic E-state index is 5.23. The molecular formula is C17H20N4OS2. The predicted molar refractivity (Wildman–Crippen MR) is 96.1 cm³/mol. The smallest absolute Gasteiger partial charge is 0.223 e. The Balaban J connectivity index is 1.51. The summed E-state index contributed by atoms with van der Waals surface area (Å²) in [7, 11) is 0. The number of aryl methyl sites for hydroxylation is 1. The van der Waals surface area contributed by atoms with Crippen LogP contribution >= 0.6 is 22.7 Å². The quantitative estimate of drug-likeness (QED) is 0.725. The van der Waals surface area contributed by atoms with Crippen molar-refractivity contribution in [3.05, 3.63) is 39.6 Å². The van der Waals surface area contributed by atoms with E-state index in [1.807, 2.05) is 6.92 Å². The van der Waals surface area contributed by atoms with Crippen LogP contribution in [0.4, 0.5) is 0 Å². The van der Waals surface area contributed by atoms with Crippen molar-refractivity contribution < 1.29 is 4.52 Å². The first-order valence-electron chi connectivity index (χ1n) is 8.28. The molecule has 1 N–H and O–H groups in total. The van der Waals surface area contributed by atoms with E-state index in [0.29, 0.717) is 5.89 Å². The first kappa shape index (κ1) is 15.9. The fourth-order valence-corrected chi connectivity index (χ4v) is 4.83. The van der Waals surface area contributed by atoms with Gasteiger partial charge in [0.15, 0.2) is 5.82 Å². The Morgan fingerprint density at radius 2 is 2.08 bits per heavy atom. The number of thiazole rings is 1. The zero-order chi connectivity index (χ0) is 16.4. The molecule has 0 unspecified atom stereocenters. The second-order valence-electron chi connectivity index (χ2n) is 6.29. The first-order valence-corrected chi connectivity index (χ1v) is 10.1. The van der Waals surface area contributed by atoms with Crippen LogP contribution in [0.25, 0.3) is 10.6 Å². The van der Waals surface area contributed by atoms with Gasteiger partial charge in [-0.15, -0.1) is 11.3 Å². The highest BCUT2D eigenvalue weighted by Crippen LogP contribution is 2.36. The highest BCUT2D eigenvalue weighted by atomic mass is 32.1. The molecule has 4 rings (SSSR count). The standard InChI is InChI=1S/C17H20N4OS2/c1-12-19-16(21-22-12)17(6-3-2-4-7-17)18-9-14-11-24-15(20-14)13-5-8-23-10-13/h5,8,10-11,18H,2-4,6-7,9H2,1H3. The van der Waals surface area contributed by atoms with Gasteiger partial charge < -0.3 is 4.52 Å². The van der Waals surface area contributed by atoms with Crippen molar-refractivity contribution in [1.82, 2.24) is 20.4 Å². The Bertz CT molecular complexity index is 787. The summed E-state index contributed by atoms with van der Waals surface area (Å²) in [5, 5.41) is 15.4. The monoisotopic (exact) mass is 360 g/mol. The molecule has 0 aromatic carbocycles. The molecule has 0 saturated heterocycles. The maximum absolute atomic E-state index is 5.23. The van der Waals surface area contributed by atoms with Gasteiger partial charge in [0, 0.05) is 29.8 Å². The lowest BCUT2D eigenvalue weighted by atomic mass is 9.81. The second kappa shape index (κ2) is 6.74. The minimum Gasteiger partial charge on any atom is -0.340 e. The lowest BCUT2D eigenvalue weighted by Gasteiger charge is -2.35. The molecule has 1 aliphatic rings. The summed E-state index contributed by atoms with van der Waals surface area (Å²) >= 11 is 3.40. The van der Waals surface area contributed by atoms with Gasteiger partial charge in [-0.05, 0) is 24.3 Å². The van der Waals surface area contributed by atoms with E-state index in [0.717, 1.165) is 35.9 Å². The third kappa shape index (κ3) is 3.16. The SMILES string of the molecule is Cc1nc(C2(NCc3csc(-c4ccsc4)n3)CCCCC2)no1. The molecule has 126 valence electrons. The molecule has 1 aliphatic carbocycles. The molecule has 0 bridgehead atoms. The summed E-state index contributed by atoms with van der Waals surface area (Å²) in [6, 6.07) is 2.12. The highest BCUT2D eigenvalue weighted by molar-refractivity contribution is 7.14. The van der Waals surface area contributed by atoms with Crippen LogP contribution in [0.5, 0.6) is 0 Å². The van der Waals surface area contributed by atoms with E-state index in [9.17, 15) is 0 Å². The molecule has 24 heavy (non-hydrogen) atoms. The van der Waals surface area contributed by atoms with Gasteiger partial charge >= 0.3 is 0 Å². The summed E-state index contributed by atoms with van der Waals surface area (Å²) in [5.74, 6) is 1.43. The third-order valence-electron chi connectivity index (χ3n) is 4.59. The van der Waals surface area contributed by atoms with Crippen molar-refractivity contribution >= 4 is 22.7 Å². The Kier molecular flexibility index (Phi) is 4.47. The number of hydrogen-bond acceptors (Lipinski definition) is 7. The average molecular weight is 361 g/mol. The summed E-state index contributed by atoms with van der Waals surface area (Å²) in [5.41, 5.74) is 2.10. The van der Waals surface area contributed by atoms with Crippen LogP contribution in [0.2, 0.25) is 0 Å². The minimum atomic E-state index is -0.178. The Hall–Kier alpha value is -1.57. The number of nitrogens with zero attached hydrogens (tertiary/aromatic N) is 3. The van der Waals surface area contributed by atoms with E-state index in [1.54, 1.807) is 22.7 Å².